The number of sulfonamides is 1. The summed E-state index contributed by atoms with van der Waals surface area (Å²) in [5.74, 6) is -0.576. The van der Waals surface area contributed by atoms with E-state index >= 15 is 0 Å². The van der Waals surface area contributed by atoms with Crippen LogP contribution in [0.1, 0.15) is 24.2 Å². The molecule has 3 aromatic rings. The highest BCUT2D eigenvalue weighted by Gasteiger charge is 2.21. The normalized spacial score (nSPS) is 11.9. The maximum Gasteiger partial charge on any atom is 0.335 e. The molecular weight excluding hydrogens is 384 g/mol. The number of anilines is 1. The van der Waals surface area contributed by atoms with Crippen LogP contribution in [0.4, 0.5) is 5.82 Å². The first kappa shape index (κ1) is 19.6. The summed E-state index contributed by atoms with van der Waals surface area (Å²) in [5, 5.41) is 14.3. The molecule has 9 nitrogen and oxygen atoms in total. The first-order chi connectivity index (χ1) is 13.1. The monoisotopic (exact) mass is 404 g/mol. The number of carboxylic acid groups (broad SMARTS) is 1. The van der Waals surface area contributed by atoms with Gasteiger partial charge in [0.2, 0.25) is 10.0 Å². The molecule has 1 aromatic heterocycles. The quantitative estimate of drug-likeness (QED) is 0.571. The van der Waals surface area contributed by atoms with Gasteiger partial charge in [-0.25, -0.2) is 22.6 Å². The van der Waals surface area contributed by atoms with Crippen molar-refractivity contribution in [3.63, 3.8) is 0 Å². The second kappa shape index (κ2) is 7.13. The fourth-order valence-electron chi connectivity index (χ4n) is 2.89. The zero-order valence-electron chi connectivity index (χ0n) is 15.5. The van der Waals surface area contributed by atoms with E-state index in [1.165, 1.54) is 23.9 Å². The molecule has 0 radical (unpaired) electrons. The van der Waals surface area contributed by atoms with Crippen LogP contribution >= 0.6 is 0 Å². The Morgan fingerprint density at radius 2 is 2.00 bits per heavy atom. The van der Waals surface area contributed by atoms with Crippen LogP contribution in [0.2, 0.25) is 0 Å². The number of hydrogen-bond acceptors (Lipinski definition) is 6. The van der Waals surface area contributed by atoms with Crippen molar-refractivity contribution in [1.29, 1.82) is 0 Å². The van der Waals surface area contributed by atoms with Gasteiger partial charge < -0.3 is 15.6 Å². The van der Waals surface area contributed by atoms with Gasteiger partial charge in [0, 0.05) is 6.04 Å². The highest BCUT2D eigenvalue weighted by Crippen LogP contribution is 2.32. The molecule has 0 saturated carbocycles. The molecule has 148 valence electrons. The Labute approximate surface area is 161 Å². The van der Waals surface area contributed by atoms with Gasteiger partial charge in [0.15, 0.2) is 5.82 Å². The smallest absolute Gasteiger partial charge is 0.335 e. The molecule has 28 heavy (non-hydrogen) atoms. The lowest BCUT2D eigenvalue weighted by Gasteiger charge is -2.12. The number of aromatic nitrogens is 2. The highest BCUT2D eigenvalue weighted by molar-refractivity contribution is 7.89. The summed E-state index contributed by atoms with van der Waals surface area (Å²) in [5.41, 5.74) is 6.64. The summed E-state index contributed by atoms with van der Waals surface area (Å²) < 4.78 is 34.3. The molecule has 0 bridgehead atoms. The molecule has 0 aliphatic heterocycles. The predicted molar refractivity (Wildman–Crippen MR) is 104 cm³/mol. The van der Waals surface area contributed by atoms with E-state index in [9.17, 15) is 18.3 Å². The molecule has 1 heterocycles. The third-order valence-corrected chi connectivity index (χ3v) is 5.64. The number of rotatable bonds is 6. The van der Waals surface area contributed by atoms with Crippen LogP contribution in [0.3, 0.4) is 0 Å². The van der Waals surface area contributed by atoms with Gasteiger partial charge in [-0.1, -0.05) is 6.07 Å². The van der Waals surface area contributed by atoms with Gasteiger partial charge in [0.25, 0.3) is 0 Å². The molecule has 0 aliphatic rings. The first-order valence-corrected chi connectivity index (χ1v) is 9.84. The van der Waals surface area contributed by atoms with Crippen LogP contribution in [-0.4, -0.2) is 42.4 Å². The van der Waals surface area contributed by atoms with Gasteiger partial charge in [0.05, 0.1) is 34.2 Å². The van der Waals surface area contributed by atoms with Crippen LogP contribution in [0.25, 0.3) is 16.6 Å². The second-order valence-electron chi connectivity index (χ2n) is 6.45. The van der Waals surface area contributed by atoms with Crippen molar-refractivity contribution < 1.29 is 23.1 Å². The van der Waals surface area contributed by atoms with Crippen molar-refractivity contribution in [2.75, 3.05) is 12.8 Å². The number of benzene rings is 2. The van der Waals surface area contributed by atoms with E-state index in [0.29, 0.717) is 16.7 Å². The lowest BCUT2D eigenvalue weighted by atomic mass is 10.2. The molecular formula is C18H20N4O5S. The minimum atomic E-state index is -3.92. The molecule has 2 aromatic carbocycles. The van der Waals surface area contributed by atoms with Gasteiger partial charge in [-0.15, -0.1) is 5.10 Å². The van der Waals surface area contributed by atoms with E-state index in [1.807, 2.05) is 0 Å². The standard InChI is InChI=1S/C18H20N4O5S/c1-10(2)21-28(25,26)13-8-11(18(23)24)7-12(9-13)22-14-5-4-6-15(27-3)16(14)17(19)20-22/h4-10,21H,1-3H3,(H2,19,20)(H,23,24). The molecule has 0 atom stereocenters. The lowest BCUT2D eigenvalue weighted by Crippen LogP contribution is -2.30. The van der Waals surface area contributed by atoms with Gasteiger partial charge >= 0.3 is 5.97 Å². The number of nitrogen functional groups attached to an aromatic ring is 1. The van der Waals surface area contributed by atoms with Crippen LogP contribution in [0.5, 0.6) is 5.75 Å². The lowest BCUT2D eigenvalue weighted by molar-refractivity contribution is 0.0696. The number of aromatic carboxylic acids is 1. The highest BCUT2D eigenvalue weighted by atomic mass is 32.2. The summed E-state index contributed by atoms with van der Waals surface area (Å²) in [6.45, 7) is 3.35. The van der Waals surface area contributed by atoms with E-state index in [4.69, 9.17) is 10.5 Å². The van der Waals surface area contributed by atoms with E-state index in [0.717, 1.165) is 6.07 Å². The Kier molecular flexibility index (Phi) is 5.01. The Bertz CT molecular complexity index is 1170. The van der Waals surface area contributed by atoms with Crippen molar-refractivity contribution in [1.82, 2.24) is 14.5 Å². The number of fused-ring (bicyclic) bond motifs is 1. The number of ether oxygens (including phenoxy) is 1. The molecule has 0 spiro atoms. The Hall–Kier alpha value is -3.11. The van der Waals surface area contributed by atoms with Gasteiger partial charge in [-0.2, -0.15) is 0 Å². The number of carbonyl (C=O) groups is 1. The Morgan fingerprint density at radius 1 is 1.29 bits per heavy atom. The molecule has 0 fully saturated rings. The number of nitrogens with two attached hydrogens (primary N) is 1. The van der Waals surface area contributed by atoms with Crippen molar-refractivity contribution >= 4 is 32.7 Å². The summed E-state index contributed by atoms with van der Waals surface area (Å²) in [4.78, 5) is 11.4. The fourth-order valence-corrected chi connectivity index (χ4v) is 4.21. The minimum Gasteiger partial charge on any atom is -0.496 e. The topological polar surface area (TPSA) is 137 Å². The van der Waals surface area contributed by atoms with Crippen LogP contribution in [-0.2, 0) is 10.0 Å². The predicted octanol–water partition coefficient (Wildman–Crippen LogP) is 2.00. The number of hydrogen-bond donors (Lipinski definition) is 3. The Balaban J connectivity index is 2.29. The maximum atomic E-state index is 12.6. The molecule has 0 amide bonds. The number of methoxy groups -OCH3 is 1. The summed E-state index contributed by atoms with van der Waals surface area (Å²) in [6.07, 6.45) is 0. The third-order valence-electron chi connectivity index (χ3n) is 4.00. The molecule has 10 heteroatoms. The van der Waals surface area contributed by atoms with Crippen LogP contribution in [0.15, 0.2) is 41.3 Å². The third kappa shape index (κ3) is 3.51. The number of nitrogens with one attached hydrogen (secondary N) is 1. The molecule has 0 unspecified atom stereocenters. The molecule has 3 rings (SSSR count). The molecule has 0 saturated heterocycles. The summed E-state index contributed by atoms with van der Waals surface area (Å²) >= 11 is 0. The average Bonchev–Trinajstić information content (AvgIpc) is 2.97. The zero-order chi connectivity index (χ0) is 20.6. The maximum absolute atomic E-state index is 12.6. The van der Waals surface area contributed by atoms with Gasteiger partial charge in [-0.05, 0) is 44.2 Å². The number of nitrogens with zero attached hydrogens (tertiary/aromatic N) is 2. The van der Waals surface area contributed by atoms with Crippen LogP contribution < -0.4 is 15.2 Å². The van der Waals surface area contributed by atoms with Gasteiger partial charge in [0.1, 0.15) is 5.75 Å². The Morgan fingerprint density at radius 3 is 2.61 bits per heavy atom. The van der Waals surface area contributed by atoms with E-state index < -0.39 is 16.0 Å². The van der Waals surface area contributed by atoms with E-state index in [2.05, 4.69) is 9.82 Å². The average molecular weight is 404 g/mol. The van der Waals surface area contributed by atoms with E-state index in [1.54, 1.807) is 32.0 Å². The van der Waals surface area contributed by atoms with Crippen molar-refractivity contribution in [2.24, 2.45) is 0 Å². The second-order valence-corrected chi connectivity index (χ2v) is 8.16. The van der Waals surface area contributed by atoms with Crippen molar-refractivity contribution in [3.8, 4) is 11.4 Å². The minimum absolute atomic E-state index is 0.179. The number of carboxylic acids is 1. The SMILES string of the molecule is COc1cccc2c1c(N)nn2-c1cc(C(=O)O)cc(S(=O)(=O)NC(C)C)c1. The molecule has 0 aliphatic carbocycles. The van der Waals surface area contributed by atoms with Gasteiger partial charge in [-0.3, -0.25) is 0 Å². The molecule has 4 N–H and O–H groups in total. The first-order valence-electron chi connectivity index (χ1n) is 8.36. The van der Waals surface area contributed by atoms with Crippen molar-refractivity contribution in [3.05, 3.63) is 42.0 Å². The van der Waals surface area contributed by atoms with Crippen molar-refractivity contribution in [2.45, 2.75) is 24.8 Å². The zero-order valence-corrected chi connectivity index (χ0v) is 16.3. The van der Waals surface area contributed by atoms with Crippen LogP contribution in [0, 0.1) is 0 Å². The van der Waals surface area contributed by atoms with E-state index in [-0.39, 0.29) is 28.0 Å². The largest absolute Gasteiger partial charge is 0.496 e. The summed E-state index contributed by atoms with van der Waals surface area (Å²) in [7, 11) is -2.42. The fraction of sp³-hybridized carbons (Fsp3) is 0.222. The summed E-state index contributed by atoms with van der Waals surface area (Å²) in [6, 6.07) is 8.62.